The second kappa shape index (κ2) is 8.06. The van der Waals surface area contributed by atoms with Crippen LogP contribution in [0.25, 0.3) is 0 Å². The van der Waals surface area contributed by atoms with E-state index in [1.54, 1.807) is 25.1 Å². The van der Waals surface area contributed by atoms with Crippen molar-refractivity contribution in [1.82, 2.24) is 4.72 Å². The van der Waals surface area contributed by atoms with Crippen LogP contribution in [0.2, 0.25) is 10.0 Å². The first-order chi connectivity index (χ1) is 12.8. The fourth-order valence-electron chi connectivity index (χ4n) is 2.37. The zero-order valence-corrected chi connectivity index (χ0v) is 16.8. The summed E-state index contributed by atoms with van der Waals surface area (Å²) in [7, 11) is -3.53. The quantitative estimate of drug-likeness (QED) is 0.702. The van der Waals surface area contributed by atoms with Crippen molar-refractivity contribution < 1.29 is 17.9 Å². The maximum atomic E-state index is 12.2. The molecule has 0 unspecified atom stereocenters. The summed E-state index contributed by atoms with van der Waals surface area (Å²) in [6.45, 7) is 1.47. The zero-order chi connectivity index (χ0) is 19.6. The molecular formula is C18H18Cl2N2O4S. The molecule has 27 heavy (non-hydrogen) atoms. The van der Waals surface area contributed by atoms with Crippen molar-refractivity contribution in [3.05, 3.63) is 52.0 Å². The molecule has 1 aliphatic carbocycles. The summed E-state index contributed by atoms with van der Waals surface area (Å²) in [5.74, 6) is 0.0124. The van der Waals surface area contributed by atoms with Crippen molar-refractivity contribution in [3.63, 3.8) is 0 Å². The number of carbonyl (C=O) groups excluding carboxylic acids is 1. The van der Waals surface area contributed by atoms with Gasteiger partial charge in [-0.1, -0.05) is 29.3 Å². The first-order valence-corrected chi connectivity index (χ1v) is 10.5. The van der Waals surface area contributed by atoms with Gasteiger partial charge in [-0.05, 0) is 55.7 Å². The number of nitrogens with one attached hydrogen (secondary N) is 2. The van der Waals surface area contributed by atoms with Crippen LogP contribution in [0.4, 0.5) is 5.69 Å². The molecule has 1 fully saturated rings. The minimum absolute atomic E-state index is 0.0354. The lowest BCUT2D eigenvalue weighted by molar-refractivity contribution is -0.118. The summed E-state index contributed by atoms with van der Waals surface area (Å²) in [6, 6.07) is 9.47. The number of sulfonamides is 1. The molecule has 0 atom stereocenters. The highest BCUT2D eigenvalue weighted by Crippen LogP contribution is 2.29. The van der Waals surface area contributed by atoms with Gasteiger partial charge in [-0.3, -0.25) is 4.79 Å². The van der Waals surface area contributed by atoms with E-state index in [0.717, 1.165) is 12.8 Å². The third-order valence-corrected chi connectivity index (χ3v) is 6.28. The molecule has 2 aromatic carbocycles. The molecule has 1 saturated carbocycles. The van der Waals surface area contributed by atoms with Crippen LogP contribution in [-0.2, 0) is 14.8 Å². The molecule has 6 nitrogen and oxygen atoms in total. The molecule has 0 bridgehead atoms. The van der Waals surface area contributed by atoms with E-state index >= 15 is 0 Å². The highest BCUT2D eigenvalue weighted by molar-refractivity contribution is 7.89. The summed E-state index contributed by atoms with van der Waals surface area (Å²) in [5, 5.41) is 3.21. The van der Waals surface area contributed by atoms with Crippen LogP contribution in [0.1, 0.15) is 18.4 Å². The smallest absolute Gasteiger partial charge is 0.262 e. The number of rotatable bonds is 7. The van der Waals surface area contributed by atoms with Crippen molar-refractivity contribution in [2.75, 3.05) is 11.9 Å². The van der Waals surface area contributed by atoms with E-state index in [4.69, 9.17) is 27.9 Å². The molecule has 0 saturated heterocycles. The second-order valence-corrected chi connectivity index (χ2v) is 8.76. The number of hydrogen-bond donors (Lipinski definition) is 2. The molecule has 1 aliphatic rings. The van der Waals surface area contributed by atoms with Crippen molar-refractivity contribution in [2.45, 2.75) is 30.7 Å². The number of ether oxygens (including phenoxy) is 1. The lowest BCUT2D eigenvalue weighted by atomic mass is 10.2. The molecule has 2 N–H and O–H groups in total. The molecular weight excluding hydrogens is 411 g/mol. The minimum Gasteiger partial charge on any atom is -0.483 e. The minimum atomic E-state index is -3.53. The number of hydrogen-bond acceptors (Lipinski definition) is 4. The van der Waals surface area contributed by atoms with E-state index in [-0.39, 0.29) is 22.6 Å². The summed E-state index contributed by atoms with van der Waals surface area (Å²) in [4.78, 5) is 12.2. The van der Waals surface area contributed by atoms with Gasteiger partial charge in [-0.2, -0.15) is 0 Å². The van der Waals surface area contributed by atoms with Gasteiger partial charge in [-0.25, -0.2) is 13.1 Å². The average Bonchev–Trinajstić information content (AvgIpc) is 3.41. The summed E-state index contributed by atoms with van der Waals surface area (Å²) < 4.78 is 32.6. The van der Waals surface area contributed by atoms with Gasteiger partial charge < -0.3 is 10.1 Å². The predicted molar refractivity (Wildman–Crippen MR) is 105 cm³/mol. The zero-order valence-electron chi connectivity index (χ0n) is 14.5. The van der Waals surface area contributed by atoms with Gasteiger partial charge in [0.15, 0.2) is 6.61 Å². The van der Waals surface area contributed by atoms with Crippen molar-refractivity contribution in [2.24, 2.45) is 0 Å². The van der Waals surface area contributed by atoms with Gasteiger partial charge in [0.05, 0.1) is 20.6 Å². The Morgan fingerprint density at radius 1 is 1.22 bits per heavy atom. The normalized spacial score (nSPS) is 14.0. The first-order valence-electron chi connectivity index (χ1n) is 8.26. The molecule has 1 amide bonds. The van der Waals surface area contributed by atoms with E-state index in [1.165, 1.54) is 18.2 Å². The number of halogens is 2. The molecule has 0 aliphatic heterocycles. The van der Waals surface area contributed by atoms with Crippen LogP contribution in [0, 0.1) is 6.92 Å². The summed E-state index contributed by atoms with van der Waals surface area (Å²) in [6.07, 6.45) is 1.73. The van der Waals surface area contributed by atoms with Crippen LogP contribution < -0.4 is 14.8 Å². The number of amides is 1. The fourth-order valence-corrected chi connectivity index (χ4v) is 4.11. The van der Waals surface area contributed by atoms with E-state index in [2.05, 4.69) is 10.0 Å². The van der Waals surface area contributed by atoms with Crippen LogP contribution in [0.5, 0.6) is 5.75 Å². The Morgan fingerprint density at radius 3 is 2.63 bits per heavy atom. The highest BCUT2D eigenvalue weighted by Gasteiger charge is 2.28. The Hall–Kier alpha value is -1.80. The Labute approximate surface area is 167 Å². The van der Waals surface area contributed by atoms with E-state index in [9.17, 15) is 13.2 Å². The van der Waals surface area contributed by atoms with E-state index in [0.29, 0.717) is 22.0 Å². The Kier molecular flexibility index (Phi) is 5.95. The van der Waals surface area contributed by atoms with E-state index < -0.39 is 15.9 Å². The average molecular weight is 429 g/mol. The fraction of sp³-hybridized carbons (Fsp3) is 0.278. The SMILES string of the molecule is Cc1cc(S(=O)(=O)NC2CC2)ccc1OCC(=O)Nc1cccc(Cl)c1Cl. The molecule has 0 aromatic heterocycles. The van der Waals surface area contributed by atoms with Gasteiger partial charge in [-0.15, -0.1) is 0 Å². The van der Waals surface area contributed by atoms with Crippen molar-refractivity contribution in [1.29, 1.82) is 0 Å². The van der Waals surface area contributed by atoms with Gasteiger partial charge in [0.25, 0.3) is 5.91 Å². The molecule has 0 heterocycles. The molecule has 144 valence electrons. The molecule has 0 radical (unpaired) electrons. The summed E-state index contributed by atoms with van der Waals surface area (Å²) in [5.41, 5.74) is 1.00. The number of benzene rings is 2. The monoisotopic (exact) mass is 428 g/mol. The van der Waals surface area contributed by atoms with Crippen molar-refractivity contribution in [3.8, 4) is 5.75 Å². The van der Waals surface area contributed by atoms with Gasteiger partial charge in [0.2, 0.25) is 10.0 Å². The number of aryl methyl sites for hydroxylation is 1. The number of anilines is 1. The van der Waals surface area contributed by atoms with Gasteiger partial charge in [0.1, 0.15) is 5.75 Å². The third kappa shape index (κ3) is 5.13. The Morgan fingerprint density at radius 2 is 1.96 bits per heavy atom. The topological polar surface area (TPSA) is 84.5 Å². The van der Waals surface area contributed by atoms with Crippen LogP contribution >= 0.6 is 23.2 Å². The Balaban J connectivity index is 1.62. The molecule has 0 spiro atoms. The second-order valence-electron chi connectivity index (χ2n) is 6.26. The van der Waals surface area contributed by atoms with Crippen LogP contribution in [-0.4, -0.2) is 27.0 Å². The lowest BCUT2D eigenvalue weighted by Gasteiger charge is -2.12. The largest absolute Gasteiger partial charge is 0.483 e. The lowest BCUT2D eigenvalue weighted by Crippen LogP contribution is -2.25. The third-order valence-electron chi connectivity index (χ3n) is 3.94. The molecule has 2 aromatic rings. The van der Waals surface area contributed by atoms with Crippen LogP contribution in [0.15, 0.2) is 41.3 Å². The van der Waals surface area contributed by atoms with Gasteiger partial charge in [0, 0.05) is 6.04 Å². The highest BCUT2D eigenvalue weighted by atomic mass is 35.5. The van der Waals surface area contributed by atoms with Crippen molar-refractivity contribution >= 4 is 44.8 Å². The summed E-state index contributed by atoms with van der Waals surface area (Å²) >= 11 is 11.9. The maximum Gasteiger partial charge on any atom is 0.262 e. The maximum absolute atomic E-state index is 12.2. The van der Waals surface area contributed by atoms with E-state index in [1.807, 2.05) is 0 Å². The first kappa shape index (κ1) is 19.9. The molecule has 9 heteroatoms. The standard InChI is InChI=1S/C18H18Cl2N2O4S/c1-11-9-13(27(24,25)22-12-5-6-12)7-8-16(11)26-10-17(23)21-15-4-2-3-14(19)18(15)20/h2-4,7-9,12,22H,5-6,10H2,1H3,(H,21,23). The molecule has 3 rings (SSSR count). The van der Waals surface area contributed by atoms with Crippen LogP contribution in [0.3, 0.4) is 0 Å². The number of carbonyl (C=O) groups is 1. The Bertz CT molecular complexity index is 975. The predicted octanol–water partition coefficient (Wildman–Crippen LogP) is 3.76. The van der Waals surface area contributed by atoms with Gasteiger partial charge >= 0.3 is 0 Å².